The van der Waals surface area contributed by atoms with E-state index in [1.54, 1.807) is 20.8 Å². The summed E-state index contributed by atoms with van der Waals surface area (Å²) >= 11 is 3.98. The molecule has 0 heterocycles. The van der Waals surface area contributed by atoms with Gasteiger partial charge in [0.15, 0.2) is 0 Å². The maximum atomic E-state index is 11.4. The number of rotatable bonds is 5. The molecule has 0 bridgehead atoms. The van der Waals surface area contributed by atoms with Gasteiger partial charge in [0.05, 0.1) is 6.10 Å². The van der Waals surface area contributed by atoms with E-state index in [0.29, 0.717) is 6.42 Å². The van der Waals surface area contributed by atoms with Crippen molar-refractivity contribution in [2.24, 2.45) is 0 Å². The highest BCUT2D eigenvalue weighted by Gasteiger charge is 2.20. The van der Waals surface area contributed by atoms with E-state index in [2.05, 4.69) is 17.9 Å². The maximum Gasteiger partial charge on any atom is 0.329 e. The quantitative estimate of drug-likeness (QED) is 0.530. The van der Waals surface area contributed by atoms with Crippen molar-refractivity contribution in [3.05, 3.63) is 0 Å². The second-order valence-corrected chi connectivity index (χ2v) is 3.51. The van der Waals surface area contributed by atoms with Crippen LogP contribution in [0.15, 0.2) is 0 Å². The number of esters is 1. The fraction of sp³-hybridized carbons (Fsp3) is 0.778. The molecule has 0 spiro atoms. The lowest BCUT2D eigenvalue weighted by Crippen LogP contribution is -2.43. The number of thiol groups is 1. The third-order valence-corrected chi connectivity index (χ3v) is 1.84. The average molecular weight is 219 g/mol. The van der Waals surface area contributed by atoms with Gasteiger partial charge in [-0.05, 0) is 13.8 Å². The fourth-order valence-electron chi connectivity index (χ4n) is 0.790. The molecule has 0 unspecified atom stereocenters. The monoisotopic (exact) mass is 219 g/mol. The molecule has 5 heteroatoms. The molecule has 82 valence electrons. The van der Waals surface area contributed by atoms with Crippen LogP contribution in [0.5, 0.6) is 0 Å². The molecular formula is C9H17NO3S. The number of nitrogens with one attached hydrogen (secondary N) is 1. The molecule has 14 heavy (non-hydrogen) atoms. The van der Waals surface area contributed by atoms with E-state index in [1.165, 1.54) is 0 Å². The molecule has 0 aliphatic rings. The summed E-state index contributed by atoms with van der Waals surface area (Å²) in [5.74, 6) is -0.362. The van der Waals surface area contributed by atoms with Crippen LogP contribution in [0.3, 0.4) is 0 Å². The molecule has 0 fully saturated rings. The smallest absolute Gasteiger partial charge is 0.329 e. The number of amides is 1. The van der Waals surface area contributed by atoms with Gasteiger partial charge in [-0.25, -0.2) is 4.79 Å². The van der Waals surface area contributed by atoms with E-state index in [0.717, 1.165) is 0 Å². The van der Waals surface area contributed by atoms with Crippen LogP contribution < -0.4 is 5.32 Å². The summed E-state index contributed by atoms with van der Waals surface area (Å²) in [5.41, 5.74) is 0. The summed E-state index contributed by atoms with van der Waals surface area (Å²) in [6.07, 6.45) is 0.169. The molecule has 4 nitrogen and oxygen atoms in total. The number of hydrogen-bond donors (Lipinski definition) is 2. The summed E-state index contributed by atoms with van der Waals surface area (Å²) in [4.78, 5) is 22.4. The lowest BCUT2D eigenvalue weighted by molar-refractivity contribution is -0.150. The third-order valence-electron chi connectivity index (χ3n) is 1.48. The van der Waals surface area contributed by atoms with E-state index >= 15 is 0 Å². The molecule has 1 atom stereocenters. The van der Waals surface area contributed by atoms with Gasteiger partial charge in [0, 0.05) is 12.2 Å². The minimum absolute atomic E-state index is 0.176. The van der Waals surface area contributed by atoms with E-state index in [-0.39, 0.29) is 17.8 Å². The first-order valence-corrected chi connectivity index (χ1v) is 5.25. The topological polar surface area (TPSA) is 55.4 Å². The zero-order valence-electron chi connectivity index (χ0n) is 8.74. The number of carbonyl (C=O) groups excluding carboxylic acids is 2. The highest BCUT2D eigenvalue weighted by Crippen LogP contribution is 1.97. The van der Waals surface area contributed by atoms with Crippen LogP contribution in [0.2, 0.25) is 0 Å². The van der Waals surface area contributed by atoms with Gasteiger partial charge in [-0.1, -0.05) is 6.92 Å². The van der Waals surface area contributed by atoms with Gasteiger partial charge < -0.3 is 10.1 Å². The molecule has 0 aliphatic carbocycles. The van der Waals surface area contributed by atoms with Gasteiger partial charge in [-0.15, -0.1) is 0 Å². The molecule has 0 aromatic carbocycles. The lowest BCUT2D eigenvalue weighted by Gasteiger charge is -2.16. The first kappa shape index (κ1) is 13.3. The maximum absolute atomic E-state index is 11.4. The Kier molecular flexibility index (Phi) is 6.36. The first-order valence-electron chi connectivity index (χ1n) is 4.62. The van der Waals surface area contributed by atoms with Gasteiger partial charge in [0.25, 0.3) is 0 Å². The zero-order valence-corrected chi connectivity index (χ0v) is 9.64. The van der Waals surface area contributed by atoms with Gasteiger partial charge in [-0.3, -0.25) is 4.79 Å². The second kappa shape index (κ2) is 6.70. The summed E-state index contributed by atoms with van der Waals surface area (Å²) in [5, 5.41) is 2.53. The summed E-state index contributed by atoms with van der Waals surface area (Å²) < 4.78 is 4.95. The predicted octanol–water partition coefficient (Wildman–Crippen LogP) is 0.763. The first-order chi connectivity index (χ1) is 6.51. The van der Waals surface area contributed by atoms with E-state index in [1.807, 2.05) is 0 Å². The summed E-state index contributed by atoms with van der Waals surface area (Å²) in [6, 6.07) is -0.645. The Morgan fingerprint density at radius 2 is 2.00 bits per heavy atom. The Morgan fingerprint density at radius 1 is 1.43 bits per heavy atom. The van der Waals surface area contributed by atoms with Crippen molar-refractivity contribution in [3.63, 3.8) is 0 Å². The third kappa shape index (κ3) is 5.11. The Hall–Kier alpha value is -0.710. The highest BCUT2D eigenvalue weighted by atomic mass is 32.1. The Balaban J connectivity index is 4.12. The fourth-order valence-corrected chi connectivity index (χ4v) is 1.03. The molecule has 0 saturated heterocycles. The van der Waals surface area contributed by atoms with E-state index < -0.39 is 12.0 Å². The largest absolute Gasteiger partial charge is 0.461 e. The van der Waals surface area contributed by atoms with Crippen LogP contribution in [0, 0.1) is 0 Å². The van der Waals surface area contributed by atoms with E-state index in [9.17, 15) is 9.59 Å². The summed E-state index contributed by atoms with van der Waals surface area (Å²) in [7, 11) is 0. The molecule has 1 amide bonds. The van der Waals surface area contributed by atoms with Gasteiger partial charge in [0.1, 0.15) is 6.04 Å². The standard InChI is InChI=1S/C9H17NO3S/c1-4-8(11)10-7(5-14)9(12)13-6(2)3/h6-7,14H,4-5H2,1-3H3,(H,10,11)/t7-/m0/s1. The van der Waals surface area contributed by atoms with Crippen molar-refractivity contribution in [2.45, 2.75) is 39.3 Å². The normalized spacial score (nSPS) is 12.4. The van der Waals surface area contributed by atoms with Crippen molar-refractivity contribution in [1.29, 1.82) is 0 Å². The van der Waals surface area contributed by atoms with Crippen LogP contribution >= 0.6 is 12.6 Å². The number of ether oxygens (including phenoxy) is 1. The molecule has 0 radical (unpaired) electrons. The Labute approximate surface area is 89.8 Å². The lowest BCUT2D eigenvalue weighted by atomic mass is 10.3. The van der Waals surface area contributed by atoms with Crippen LogP contribution in [0.4, 0.5) is 0 Å². The molecule has 0 aliphatic heterocycles. The number of hydrogen-bond acceptors (Lipinski definition) is 4. The minimum atomic E-state index is -0.645. The van der Waals surface area contributed by atoms with Crippen LogP contribution in [-0.4, -0.2) is 29.8 Å². The van der Waals surface area contributed by atoms with Crippen molar-refractivity contribution in [2.75, 3.05) is 5.75 Å². The van der Waals surface area contributed by atoms with Crippen molar-refractivity contribution < 1.29 is 14.3 Å². The molecule has 0 saturated carbocycles. The zero-order chi connectivity index (χ0) is 11.1. The number of carbonyl (C=O) groups is 2. The van der Waals surface area contributed by atoms with Crippen molar-refractivity contribution in [3.8, 4) is 0 Å². The second-order valence-electron chi connectivity index (χ2n) is 3.14. The van der Waals surface area contributed by atoms with E-state index in [4.69, 9.17) is 4.74 Å². The van der Waals surface area contributed by atoms with Crippen molar-refractivity contribution in [1.82, 2.24) is 5.32 Å². The predicted molar refractivity (Wildman–Crippen MR) is 57.3 cm³/mol. The van der Waals surface area contributed by atoms with Crippen LogP contribution in [0.25, 0.3) is 0 Å². The molecule has 0 aromatic rings. The van der Waals surface area contributed by atoms with Gasteiger partial charge in [-0.2, -0.15) is 12.6 Å². The molecular weight excluding hydrogens is 202 g/mol. The minimum Gasteiger partial charge on any atom is -0.461 e. The Bertz CT molecular complexity index is 206. The van der Waals surface area contributed by atoms with Gasteiger partial charge in [0.2, 0.25) is 5.91 Å². The van der Waals surface area contributed by atoms with Crippen LogP contribution in [0.1, 0.15) is 27.2 Å². The molecule has 0 aromatic heterocycles. The van der Waals surface area contributed by atoms with Crippen molar-refractivity contribution >= 4 is 24.5 Å². The molecule has 0 rings (SSSR count). The molecule has 1 N–H and O–H groups in total. The average Bonchev–Trinajstić information content (AvgIpc) is 2.12. The summed E-state index contributed by atoms with van der Waals surface area (Å²) in [6.45, 7) is 5.24. The highest BCUT2D eigenvalue weighted by molar-refractivity contribution is 7.80. The Morgan fingerprint density at radius 3 is 2.36 bits per heavy atom. The van der Waals surface area contributed by atoms with Crippen LogP contribution in [-0.2, 0) is 14.3 Å². The SMILES string of the molecule is CCC(=O)N[C@@H](CS)C(=O)OC(C)C. The van der Waals surface area contributed by atoms with Gasteiger partial charge >= 0.3 is 5.97 Å².